The number of nitrogens with one attached hydrogen (secondary N) is 1. The van der Waals surface area contributed by atoms with Crippen molar-refractivity contribution in [3.63, 3.8) is 0 Å². The zero-order chi connectivity index (χ0) is 15.0. The molecule has 0 spiro atoms. The Bertz CT molecular complexity index is 592. The van der Waals surface area contributed by atoms with E-state index < -0.39 is 0 Å². The van der Waals surface area contributed by atoms with E-state index >= 15 is 0 Å². The van der Waals surface area contributed by atoms with E-state index in [1.165, 1.54) is 0 Å². The highest BCUT2D eigenvalue weighted by atomic mass is 16.5. The number of rotatable bonds is 4. The maximum Gasteiger partial charge on any atom is 0.148 e. The molecule has 0 aromatic carbocycles. The van der Waals surface area contributed by atoms with Crippen molar-refractivity contribution in [2.75, 3.05) is 11.1 Å². The van der Waals surface area contributed by atoms with Gasteiger partial charge in [-0.1, -0.05) is 5.16 Å². The van der Waals surface area contributed by atoms with Crippen molar-refractivity contribution in [3.05, 3.63) is 22.7 Å². The summed E-state index contributed by atoms with van der Waals surface area (Å²) in [6.07, 6.45) is 0. The Morgan fingerprint density at radius 1 is 1.15 bits per heavy atom. The first-order valence-electron chi connectivity index (χ1n) is 6.86. The molecule has 0 aliphatic rings. The van der Waals surface area contributed by atoms with Crippen LogP contribution >= 0.6 is 0 Å². The number of aromatic nitrogens is 3. The van der Waals surface area contributed by atoms with Crippen LogP contribution in [0.1, 0.15) is 55.6 Å². The average molecular weight is 277 g/mol. The maximum atomic E-state index is 6.13. The first-order chi connectivity index (χ1) is 9.32. The Kier molecular flexibility index (Phi) is 3.74. The fourth-order valence-electron chi connectivity index (χ4n) is 2.46. The van der Waals surface area contributed by atoms with Crippen LogP contribution in [0.2, 0.25) is 0 Å². The van der Waals surface area contributed by atoms with Gasteiger partial charge in [0.15, 0.2) is 0 Å². The molecule has 0 bridgehead atoms. The van der Waals surface area contributed by atoms with Gasteiger partial charge in [-0.15, -0.1) is 0 Å². The topological polar surface area (TPSA) is 81.9 Å². The summed E-state index contributed by atoms with van der Waals surface area (Å²) < 4.78 is 7.14. The minimum absolute atomic E-state index is 0.0529. The standard InChI is InChI=1S/C14H23N5O/c1-7(2)19-14(13(15)10(5)17-19)16-8(3)12-9(4)18-20-11(12)6/h7-8,16H,15H2,1-6H3. The van der Waals surface area contributed by atoms with Gasteiger partial charge in [0.05, 0.1) is 23.1 Å². The van der Waals surface area contributed by atoms with E-state index in [9.17, 15) is 0 Å². The van der Waals surface area contributed by atoms with Crippen molar-refractivity contribution < 1.29 is 4.52 Å². The Hall–Kier alpha value is -1.98. The summed E-state index contributed by atoms with van der Waals surface area (Å²) in [6, 6.07) is 0.294. The molecule has 0 aliphatic carbocycles. The molecule has 0 radical (unpaired) electrons. The molecule has 1 unspecified atom stereocenters. The normalized spacial score (nSPS) is 12.9. The zero-order valence-corrected chi connectivity index (χ0v) is 13.0. The van der Waals surface area contributed by atoms with Gasteiger partial charge in [0.1, 0.15) is 11.6 Å². The van der Waals surface area contributed by atoms with Crippen molar-refractivity contribution in [2.24, 2.45) is 0 Å². The predicted octanol–water partition coefficient (Wildman–Crippen LogP) is 3.13. The second-order valence-corrected chi connectivity index (χ2v) is 5.49. The number of aryl methyl sites for hydroxylation is 3. The molecule has 6 nitrogen and oxygen atoms in total. The lowest BCUT2D eigenvalue weighted by Crippen LogP contribution is -2.15. The van der Waals surface area contributed by atoms with E-state index in [0.29, 0.717) is 5.69 Å². The molecule has 0 saturated carbocycles. The number of nitrogen functional groups attached to an aromatic ring is 1. The second kappa shape index (κ2) is 5.19. The molecule has 0 saturated heterocycles. The van der Waals surface area contributed by atoms with Gasteiger partial charge in [-0.2, -0.15) is 5.10 Å². The fraction of sp³-hybridized carbons (Fsp3) is 0.571. The van der Waals surface area contributed by atoms with Gasteiger partial charge in [-0.05, 0) is 41.5 Å². The molecular formula is C14H23N5O. The summed E-state index contributed by atoms with van der Waals surface area (Å²) >= 11 is 0. The van der Waals surface area contributed by atoms with Gasteiger partial charge in [0.2, 0.25) is 0 Å². The van der Waals surface area contributed by atoms with Gasteiger partial charge in [-0.25, -0.2) is 4.68 Å². The van der Waals surface area contributed by atoms with Gasteiger partial charge < -0.3 is 15.6 Å². The first kappa shape index (κ1) is 14.4. The van der Waals surface area contributed by atoms with Crippen LogP contribution in [0.3, 0.4) is 0 Å². The molecule has 1 atom stereocenters. The van der Waals surface area contributed by atoms with Crippen molar-refractivity contribution in [2.45, 2.75) is 53.6 Å². The Balaban J connectivity index is 2.35. The molecule has 6 heteroatoms. The van der Waals surface area contributed by atoms with Gasteiger partial charge in [0, 0.05) is 11.6 Å². The molecular weight excluding hydrogens is 254 g/mol. The van der Waals surface area contributed by atoms with Crippen LogP contribution < -0.4 is 11.1 Å². The summed E-state index contributed by atoms with van der Waals surface area (Å²) in [5.41, 5.74) is 9.63. The van der Waals surface area contributed by atoms with Crippen LogP contribution in [0, 0.1) is 20.8 Å². The van der Waals surface area contributed by atoms with Crippen molar-refractivity contribution in [1.82, 2.24) is 14.9 Å². The lowest BCUT2D eigenvalue weighted by atomic mass is 10.1. The Labute approximate surface area is 119 Å². The minimum atomic E-state index is 0.0529. The van der Waals surface area contributed by atoms with Crippen LogP contribution in [0.15, 0.2) is 4.52 Å². The van der Waals surface area contributed by atoms with Crippen molar-refractivity contribution >= 4 is 11.5 Å². The number of hydrogen-bond acceptors (Lipinski definition) is 5. The number of hydrogen-bond donors (Lipinski definition) is 2. The highest BCUT2D eigenvalue weighted by molar-refractivity contribution is 5.65. The van der Waals surface area contributed by atoms with Crippen LogP contribution in [0.4, 0.5) is 11.5 Å². The molecule has 2 aromatic heterocycles. The van der Waals surface area contributed by atoms with Crippen LogP contribution in [0.25, 0.3) is 0 Å². The molecule has 0 fully saturated rings. The van der Waals surface area contributed by atoms with E-state index in [0.717, 1.165) is 28.5 Å². The Morgan fingerprint density at radius 3 is 2.30 bits per heavy atom. The molecule has 0 aliphatic heterocycles. The summed E-state index contributed by atoms with van der Waals surface area (Å²) in [4.78, 5) is 0. The molecule has 2 heterocycles. The third-order valence-corrected chi connectivity index (χ3v) is 3.50. The summed E-state index contributed by atoms with van der Waals surface area (Å²) in [7, 11) is 0. The second-order valence-electron chi connectivity index (χ2n) is 5.49. The lowest BCUT2D eigenvalue weighted by Gasteiger charge is -2.18. The van der Waals surface area contributed by atoms with Crippen LogP contribution in [-0.4, -0.2) is 14.9 Å². The van der Waals surface area contributed by atoms with E-state index in [1.807, 2.05) is 25.5 Å². The van der Waals surface area contributed by atoms with E-state index in [2.05, 4.69) is 36.3 Å². The average Bonchev–Trinajstić information content (AvgIpc) is 2.84. The van der Waals surface area contributed by atoms with Crippen LogP contribution in [-0.2, 0) is 0 Å². The highest BCUT2D eigenvalue weighted by Gasteiger charge is 2.21. The monoisotopic (exact) mass is 277 g/mol. The van der Waals surface area contributed by atoms with Crippen molar-refractivity contribution in [1.29, 1.82) is 0 Å². The van der Waals surface area contributed by atoms with Gasteiger partial charge in [0.25, 0.3) is 0 Å². The summed E-state index contributed by atoms with van der Waals surface area (Å²) in [6.45, 7) is 12.0. The lowest BCUT2D eigenvalue weighted by molar-refractivity contribution is 0.392. The summed E-state index contributed by atoms with van der Waals surface area (Å²) in [5, 5.41) is 11.9. The maximum absolute atomic E-state index is 6.13. The van der Waals surface area contributed by atoms with E-state index in [1.54, 1.807) is 0 Å². The quantitative estimate of drug-likeness (QED) is 0.897. The molecule has 2 rings (SSSR count). The van der Waals surface area contributed by atoms with Crippen LogP contribution in [0.5, 0.6) is 0 Å². The van der Waals surface area contributed by atoms with E-state index in [-0.39, 0.29) is 12.1 Å². The largest absolute Gasteiger partial charge is 0.394 e. The Morgan fingerprint density at radius 2 is 1.80 bits per heavy atom. The molecule has 110 valence electrons. The first-order valence-corrected chi connectivity index (χ1v) is 6.86. The number of nitrogens with two attached hydrogens (primary N) is 1. The third-order valence-electron chi connectivity index (χ3n) is 3.50. The SMILES string of the molecule is Cc1nn(C(C)C)c(NC(C)c2c(C)noc2C)c1N. The highest BCUT2D eigenvalue weighted by Crippen LogP contribution is 2.31. The smallest absolute Gasteiger partial charge is 0.148 e. The molecule has 0 amide bonds. The van der Waals surface area contributed by atoms with Gasteiger partial charge >= 0.3 is 0 Å². The number of nitrogens with zero attached hydrogens (tertiary/aromatic N) is 3. The number of anilines is 2. The molecule has 2 aromatic rings. The predicted molar refractivity (Wildman–Crippen MR) is 79.8 cm³/mol. The van der Waals surface area contributed by atoms with Crippen molar-refractivity contribution in [3.8, 4) is 0 Å². The molecule has 3 N–H and O–H groups in total. The fourth-order valence-corrected chi connectivity index (χ4v) is 2.46. The molecule has 20 heavy (non-hydrogen) atoms. The summed E-state index contributed by atoms with van der Waals surface area (Å²) in [5.74, 6) is 1.68. The minimum Gasteiger partial charge on any atom is -0.394 e. The zero-order valence-electron chi connectivity index (χ0n) is 13.0. The third kappa shape index (κ3) is 2.37. The van der Waals surface area contributed by atoms with E-state index in [4.69, 9.17) is 10.3 Å². The van der Waals surface area contributed by atoms with Gasteiger partial charge in [-0.3, -0.25) is 0 Å².